The third-order valence-electron chi connectivity index (χ3n) is 4.15. The van der Waals surface area contributed by atoms with Crippen molar-refractivity contribution in [2.45, 2.75) is 45.7 Å². The van der Waals surface area contributed by atoms with Gasteiger partial charge in [0.05, 0.1) is 5.52 Å². The number of aromatic nitrogens is 1. The summed E-state index contributed by atoms with van der Waals surface area (Å²) >= 11 is 0. The predicted octanol–water partition coefficient (Wildman–Crippen LogP) is 3.72. The number of hydrogen-bond acceptors (Lipinski definition) is 3. The maximum atomic E-state index is 4.89. The number of nitrogens with one attached hydrogen (secondary N) is 1. The van der Waals surface area contributed by atoms with E-state index in [2.05, 4.69) is 54.4 Å². The molecule has 1 aromatic carbocycles. The van der Waals surface area contributed by atoms with Gasteiger partial charge >= 0.3 is 0 Å². The fourth-order valence-corrected chi connectivity index (χ4v) is 2.92. The van der Waals surface area contributed by atoms with Crippen LogP contribution < -0.4 is 10.2 Å². The van der Waals surface area contributed by atoms with E-state index in [9.17, 15) is 0 Å². The Morgan fingerprint density at radius 1 is 1.24 bits per heavy atom. The third kappa shape index (κ3) is 3.18. The van der Waals surface area contributed by atoms with Gasteiger partial charge in [-0.2, -0.15) is 0 Å². The van der Waals surface area contributed by atoms with Crippen molar-refractivity contribution < 1.29 is 0 Å². The molecule has 0 radical (unpaired) electrons. The normalized spacial score (nSPS) is 14.6. The Balaban J connectivity index is 1.97. The predicted molar refractivity (Wildman–Crippen MR) is 89.8 cm³/mol. The first kappa shape index (κ1) is 14.3. The van der Waals surface area contributed by atoms with Crippen LogP contribution >= 0.6 is 0 Å². The smallest absolute Gasteiger partial charge is 0.129 e. The van der Waals surface area contributed by atoms with Crippen LogP contribution in [0, 0.1) is 0 Å². The molecular formula is C18H25N3. The van der Waals surface area contributed by atoms with Crippen LogP contribution in [0.2, 0.25) is 0 Å². The zero-order chi connectivity index (χ0) is 14.7. The lowest BCUT2D eigenvalue weighted by atomic mass is 10.1. The van der Waals surface area contributed by atoms with Gasteiger partial charge in [-0.05, 0) is 50.4 Å². The largest absolute Gasteiger partial charge is 0.354 e. The van der Waals surface area contributed by atoms with Gasteiger partial charge in [-0.1, -0.05) is 25.1 Å². The summed E-state index contributed by atoms with van der Waals surface area (Å²) in [5, 5.41) is 4.80. The topological polar surface area (TPSA) is 28.2 Å². The molecule has 0 bridgehead atoms. The molecule has 0 aliphatic heterocycles. The fraction of sp³-hybridized carbons (Fsp3) is 0.500. The van der Waals surface area contributed by atoms with Gasteiger partial charge in [0, 0.05) is 24.5 Å². The monoisotopic (exact) mass is 283 g/mol. The lowest BCUT2D eigenvalue weighted by Gasteiger charge is -2.23. The summed E-state index contributed by atoms with van der Waals surface area (Å²) in [5.74, 6) is 1.15. The molecule has 0 atom stereocenters. The molecular weight excluding hydrogens is 258 g/mol. The van der Waals surface area contributed by atoms with Crippen molar-refractivity contribution in [2.75, 3.05) is 18.0 Å². The van der Waals surface area contributed by atoms with Gasteiger partial charge in [0.25, 0.3) is 0 Å². The van der Waals surface area contributed by atoms with Crippen molar-refractivity contribution in [3.05, 3.63) is 35.9 Å². The van der Waals surface area contributed by atoms with E-state index in [-0.39, 0.29) is 0 Å². The van der Waals surface area contributed by atoms with Gasteiger partial charge in [0.15, 0.2) is 0 Å². The molecule has 1 aliphatic carbocycles. The summed E-state index contributed by atoms with van der Waals surface area (Å²) in [5.41, 5.74) is 2.48. The van der Waals surface area contributed by atoms with Crippen LogP contribution in [0.4, 0.5) is 5.82 Å². The lowest BCUT2D eigenvalue weighted by molar-refractivity contribution is 0.677. The van der Waals surface area contributed by atoms with Crippen molar-refractivity contribution >= 4 is 16.7 Å². The summed E-state index contributed by atoms with van der Waals surface area (Å²) in [4.78, 5) is 7.35. The molecule has 1 aromatic heterocycles. The molecule has 1 aliphatic rings. The van der Waals surface area contributed by atoms with E-state index in [1.165, 1.54) is 30.2 Å². The summed E-state index contributed by atoms with van der Waals surface area (Å²) in [7, 11) is 0. The molecule has 1 fully saturated rings. The molecule has 1 heterocycles. The van der Waals surface area contributed by atoms with E-state index >= 15 is 0 Å². The van der Waals surface area contributed by atoms with Crippen molar-refractivity contribution in [1.82, 2.24) is 10.3 Å². The molecule has 0 saturated heterocycles. The molecule has 0 spiro atoms. The Bertz CT molecular complexity index is 604. The van der Waals surface area contributed by atoms with Crippen LogP contribution in [-0.2, 0) is 6.54 Å². The molecule has 112 valence electrons. The van der Waals surface area contributed by atoms with E-state index < -0.39 is 0 Å². The Labute approximate surface area is 127 Å². The summed E-state index contributed by atoms with van der Waals surface area (Å²) in [6, 6.07) is 11.5. The average Bonchev–Trinajstić information content (AvgIpc) is 3.33. The number of benzene rings is 1. The van der Waals surface area contributed by atoms with E-state index in [0.29, 0.717) is 6.04 Å². The lowest BCUT2D eigenvalue weighted by Crippen LogP contribution is -2.26. The number of fused-ring (bicyclic) bond motifs is 1. The number of pyridine rings is 1. The van der Waals surface area contributed by atoms with Crippen LogP contribution in [0.3, 0.4) is 0 Å². The van der Waals surface area contributed by atoms with E-state index in [4.69, 9.17) is 4.98 Å². The van der Waals surface area contributed by atoms with Gasteiger partial charge in [-0.15, -0.1) is 0 Å². The molecule has 0 unspecified atom stereocenters. The number of nitrogens with zero attached hydrogens (tertiary/aromatic N) is 2. The van der Waals surface area contributed by atoms with Crippen LogP contribution in [0.25, 0.3) is 10.9 Å². The maximum absolute atomic E-state index is 4.89. The maximum Gasteiger partial charge on any atom is 0.129 e. The molecule has 2 aromatic rings. The van der Waals surface area contributed by atoms with Gasteiger partial charge in [0.1, 0.15) is 5.82 Å². The zero-order valence-corrected chi connectivity index (χ0v) is 13.1. The minimum atomic E-state index is 0.708. The van der Waals surface area contributed by atoms with Crippen molar-refractivity contribution in [2.24, 2.45) is 0 Å². The number of rotatable bonds is 7. The average molecular weight is 283 g/mol. The second-order valence-corrected chi connectivity index (χ2v) is 5.85. The molecule has 1 N–H and O–H groups in total. The Morgan fingerprint density at radius 2 is 2.05 bits per heavy atom. The number of anilines is 1. The van der Waals surface area contributed by atoms with Crippen LogP contribution in [-0.4, -0.2) is 24.1 Å². The Morgan fingerprint density at radius 3 is 2.76 bits per heavy atom. The first-order valence-electron chi connectivity index (χ1n) is 8.19. The van der Waals surface area contributed by atoms with Crippen LogP contribution in [0.1, 0.15) is 38.7 Å². The molecule has 3 rings (SSSR count). The number of para-hydroxylation sites is 1. The molecule has 0 amide bonds. The molecule has 3 heteroatoms. The highest BCUT2D eigenvalue weighted by molar-refractivity contribution is 5.84. The number of hydrogen-bond donors (Lipinski definition) is 1. The highest BCUT2D eigenvalue weighted by Gasteiger charge is 2.29. The van der Waals surface area contributed by atoms with Gasteiger partial charge in [0.2, 0.25) is 0 Å². The summed E-state index contributed by atoms with van der Waals surface area (Å²) < 4.78 is 0. The van der Waals surface area contributed by atoms with Crippen LogP contribution in [0.15, 0.2) is 30.3 Å². The third-order valence-corrected chi connectivity index (χ3v) is 4.15. The van der Waals surface area contributed by atoms with Crippen molar-refractivity contribution in [1.29, 1.82) is 0 Å². The van der Waals surface area contributed by atoms with Gasteiger partial charge in [-0.25, -0.2) is 4.98 Å². The summed E-state index contributed by atoms with van der Waals surface area (Å²) in [6.45, 7) is 7.45. The van der Waals surface area contributed by atoms with Gasteiger partial charge in [-0.3, -0.25) is 0 Å². The van der Waals surface area contributed by atoms with E-state index in [1.807, 2.05) is 0 Å². The SMILES string of the molecule is CCCNCc1cc(N(CC)C2CC2)nc2ccccc12. The highest BCUT2D eigenvalue weighted by Crippen LogP contribution is 2.32. The zero-order valence-electron chi connectivity index (χ0n) is 13.1. The fourth-order valence-electron chi connectivity index (χ4n) is 2.92. The minimum absolute atomic E-state index is 0.708. The Hall–Kier alpha value is -1.61. The second-order valence-electron chi connectivity index (χ2n) is 5.85. The van der Waals surface area contributed by atoms with E-state index in [0.717, 1.165) is 31.0 Å². The molecule has 1 saturated carbocycles. The molecule has 21 heavy (non-hydrogen) atoms. The standard InChI is InChI=1S/C18H25N3/c1-3-11-19-13-14-12-18(21(4-2)15-9-10-15)20-17-8-6-5-7-16(14)17/h5-8,12,15,19H,3-4,9-11,13H2,1-2H3. The van der Waals surface area contributed by atoms with Gasteiger partial charge < -0.3 is 10.2 Å². The first-order chi connectivity index (χ1) is 10.3. The van der Waals surface area contributed by atoms with E-state index in [1.54, 1.807) is 0 Å². The second kappa shape index (κ2) is 6.44. The minimum Gasteiger partial charge on any atom is -0.354 e. The van der Waals surface area contributed by atoms with Crippen LogP contribution in [0.5, 0.6) is 0 Å². The quantitative estimate of drug-likeness (QED) is 0.785. The Kier molecular flexibility index (Phi) is 4.39. The summed E-state index contributed by atoms with van der Waals surface area (Å²) in [6.07, 6.45) is 3.79. The van der Waals surface area contributed by atoms with Crippen molar-refractivity contribution in [3.8, 4) is 0 Å². The van der Waals surface area contributed by atoms with Crippen molar-refractivity contribution in [3.63, 3.8) is 0 Å². The highest BCUT2D eigenvalue weighted by atomic mass is 15.2. The molecule has 3 nitrogen and oxygen atoms in total. The first-order valence-corrected chi connectivity index (χ1v) is 8.19.